The van der Waals surface area contributed by atoms with Crippen molar-refractivity contribution in [2.24, 2.45) is 0 Å². The lowest BCUT2D eigenvalue weighted by atomic mass is 10.1. The van der Waals surface area contributed by atoms with Crippen LogP contribution in [-0.4, -0.2) is 133 Å². The van der Waals surface area contributed by atoms with Gasteiger partial charge in [-0.05, 0) is 20.8 Å². The minimum absolute atomic E-state index is 0.124. The molecule has 0 aliphatic heterocycles. The van der Waals surface area contributed by atoms with Crippen molar-refractivity contribution in [2.75, 3.05) is 52.9 Å². The maximum absolute atomic E-state index is 11.5. The third-order valence-electron chi connectivity index (χ3n) is 4.70. The van der Waals surface area contributed by atoms with Gasteiger partial charge in [0.1, 0.15) is 56.4 Å². The fourth-order valence-corrected chi connectivity index (χ4v) is 2.57. The summed E-state index contributed by atoms with van der Waals surface area (Å²) in [6.07, 6.45) is -8.16. The van der Waals surface area contributed by atoms with Crippen LogP contribution in [-0.2, 0) is 42.8 Å². The number of hydrogen-bond donors (Lipinski definition) is 5. The highest BCUT2D eigenvalue weighted by atomic mass is 16.6. The number of carbonyl (C=O) groups excluding carboxylic acids is 3. The lowest BCUT2D eigenvalue weighted by molar-refractivity contribution is -0.162. The van der Waals surface area contributed by atoms with Crippen LogP contribution < -0.4 is 0 Å². The zero-order chi connectivity index (χ0) is 30.8. The van der Waals surface area contributed by atoms with Gasteiger partial charge in [-0.25, -0.2) is 14.4 Å². The molecule has 230 valence electrons. The van der Waals surface area contributed by atoms with Crippen LogP contribution >= 0.6 is 0 Å². The minimum atomic E-state index is -1.50. The summed E-state index contributed by atoms with van der Waals surface area (Å²) < 4.78 is 30.3. The van der Waals surface area contributed by atoms with Crippen molar-refractivity contribution in [2.45, 2.75) is 57.4 Å². The summed E-state index contributed by atoms with van der Waals surface area (Å²) in [5.74, 6) is -2.11. The molecule has 0 aliphatic carbocycles. The molecule has 5 unspecified atom stereocenters. The molecule has 0 aromatic heterocycles. The summed E-state index contributed by atoms with van der Waals surface area (Å²) in [6.45, 7) is 11.3. The highest BCUT2D eigenvalue weighted by Crippen LogP contribution is 2.10. The van der Waals surface area contributed by atoms with Crippen molar-refractivity contribution in [3.63, 3.8) is 0 Å². The molecule has 0 saturated heterocycles. The fourth-order valence-electron chi connectivity index (χ4n) is 2.57. The lowest BCUT2D eigenvalue weighted by Crippen LogP contribution is -2.46. The van der Waals surface area contributed by atoms with Crippen LogP contribution in [0, 0.1) is 0 Å². The van der Waals surface area contributed by atoms with Gasteiger partial charge in [-0.3, -0.25) is 0 Å². The van der Waals surface area contributed by atoms with Gasteiger partial charge in [0.05, 0.1) is 33.0 Å². The summed E-state index contributed by atoms with van der Waals surface area (Å²) >= 11 is 0. The van der Waals surface area contributed by atoms with Gasteiger partial charge in [-0.1, -0.05) is 19.7 Å². The minimum Gasteiger partial charge on any atom is -0.460 e. The number of carbonyl (C=O) groups is 3. The van der Waals surface area contributed by atoms with E-state index < -0.39 is 81.0 Å². The Hall–Kier alpha value is -2.69. The Morgan fingerprint density at radius 3 is 1.12 bits per heavy atom. The van der Waals surface area contributed by atoms with Gasteiger partial charge in [0.15, 0.2) is 0 Å². The molecule has 0 aromatic carbocycles. The Morgan fingerprint density at radius 1 is 0.525 bits per heavy atom. The second kappa shape index (κ2) is 20.2. The number of aliphatic hydroxyl groups is 5. The summed E-state index contributed by atoms with van der Waals surface area (Å²) in [6, 6.07) is 0. The maximum Gasteiger partial charge on any atom is 0.333 e. The SMILES string of the molecule is C=C(C)C(=O)OCC(O)COCC(O)C(OCC(O)COC(=O)C(=C)C)C(O)COCC(O)COC(=O)C(=C)C. The summed E-state index contributed by atoms with van der Waals surface area (Å²) in [5, 5.41) is 50.9. The van der Waals surface area contributed by atoms with Gasteiger partial charge in [-0.2, -0.15) is 0 Å². The first kappa shape index (κ1) is 37.3. The summed E-state index contributed by atoms with van der Waals surface area (Å²) in [4.78, 5) is 34.3. The van der Waals surface area contributed by atoms with E-state index in [-0.39, 0.29) is 43.1 Å². The molecule has 0 aliphatic rings. The Kier molecular flexibility index (Phi) is 18.9. The van der Waals surface area contributed by atoms with Crippen LogP contribution in [0.2, 0.25) is 0 Å². The largest absolute Gasteiger partial charge is 0.460 e. The Labute approximate surface area is 233 Å². The third kappa shape index (κ3) is 17.1. The molecule has 0 bridgehead atoms. The van der Waals surface area contributed by atoms with E-state index >= 15 is 0 Å². The molecular formula is C26H42O14. The zero-order valence-electron chi connectivity index (χ0n) is 23.2. The monoisotopic (exact) mass is 578 g/mol. The molecular weight excluding hydrogens is 536 g/mol. The molecule has 5 atom stereocenters. The topological polar surface area (TPSA) is 208 Å². The molecule has 40 heavy (non-hydrogen) atoms. The van der Waals surface area contributed by atoms with Gasteiger partial charge in [0.25, 0.3) is 0 Å². The smallest absolute Gasteiger partial charge is 0.333 e. The first-order chi connectivity index (χ1) is 18.6. The highest BCUT2D eigenvalue weighted by molar-refractivity contribution is 5.87. The molecule has 0 rings (SSSR count). The van der Waals surface area contributed by atoms with Gasteiger partial charge >= 0.3 is 17.9 Å². The lowest BCUT2D eigenvalue weighted by Gasteiger charge is -2.29. The standard InChI is InChI=1S/C26H42O14/c1-15(2)24(32)38-10-18(27)7-35-13-21(30)23(37-9-20(29)12-40-26(34)17(5)6)22(31)14-36-8-19(28)11-39-25(33)16(3)4/h18-23,27-31H,1,3,5,7-14H2,2,4,6H3. The molecule has 0 amide bonds. The second-order valence-corrected chi connectivity index (χ2v) is 9.11. The molecule has 0 aromatic rings. The van der Waals surface area contributed by atoms with Crippen molar-refractivity contribution in [3.8, 4) is 0 Å². The quantitative estimate of drug-likeness (QED) is 0.0567. The van der Waals surface area contributed by atoms with Crippen LogP contribution in [0.15, 0.2) is 36.5 Å². The van der Waals surface area contributed by atoms with Crippen LogP contribution in [0.4, 0.5) is 0 Å². The van der Waals surface area contributed by atoms with Crippen LogP contribution in [0.3, 0.4) is 0 Å². The van der Waals surface area contributed by atoms with Crippen molar-refractivity contribution >= 4 is 17.9 Å². The van der Waals surface area contributed by atoms with Crippen molar-refractivity contribution in [1.29, 1.82) is 0 Å². The van der Waals surface area contributed by atoms with E-state index in [4.69, 9.17) is 28.4 Å². The van der Waals surface area contributed by atoms with Gasteiger partial charge < -0.3 is 54.0 Å². The number of esters is 3. The fraction of sp³-hybridized carbons (Fsp3) is 0.654. The molecule has 14 heteroatoms. The van der Waals surface area contributed by atoms with E-state index in [9.17, 15) is 39.9 Å². The van der Waals surface area contributed by atoms with Crippen LogP contribution in [0.25, 0.3) is 0 Å². The van der Waals surface area contributed by atoms with E-state index in [1.165, 1.54) is 20.8 Å². The van der Waals surface area contributed by atoms with E-state index in [2.05, 4.69) is 19.7 Å². The van der Waals surface area contributed by atoms with Gasteiger partial charge in [0, 0.05) is 16.7 Å². The predicted molar refractivity (Wildman–Crippen MR) is 139 cm³/mol. The van der Waals surface area contributed by atoms with E-state index in [0.29, 0.717) is 0 Å². The summed E-state index contributed by atoms with van der Waals surface area (Å²) in [7, 11) is 0. The average molecular weight is 579 g/mol. The van der Waals surface area contributed by atoms with Crippen LogP contribution in [0.1, 0.15) is 20.8 Å². The number of aliphatic hydroxyl groups excluding tert-OH is 5. The first-order valence-corrected chi connectivity index (χ1v) is 12.3. The van der Waals surface area contributed by atoms with Crippen molar-refractivity contribution < 1.29 is 68.3 Å². The highest BCUT2D eigenvalue weighted by Gasteiger charge is 2.30. The normalized spacial score (nSPS) is 15.6. The first-order valence-electron chi connectivity index (χ1n) is 12.3. The molecule has 5 N–H and O–H groups in total. The van der Waals surface area contributed by atoms with E-state index in [1.54, 1.807) is 0 Å². The van der Waals surface area contributed by atoms with Crippen molar-refractivity contribution in [1.82, 2.24) is 0 Å². The second-order valence-electron chi connectivity index (χ2n) is 9.11. The molecule has 0 saturated carbocycles. The number of hydrogen-bond acceptors (Lipinski definition) is 14. The van der Waals surface area contributed by atoms with Gasteiger partial charge in [0.2, 0.25) is 0 Å². The Bertz CT molecular complexity index is 793. The van der Waals surface area contributed by atoms with Crippen molar-refractivity contribution in [3.05, 3.63) is 36.5 Å². The molecule has 0 spiro atoms. The number of ether oxygens (including phenoxy) is 6. The Balaban J connectivity index is 4.92. The Morgan fingerprint density at radius 2 is 0.825 bits per heavy atom. The molecule has 0 radical (unpaired) electrons. The zero-order valence-corrected chi connectivity index (χ0v) is 23.2. The molecule has 0 fully saturated rings. The van der Waals surface area contributed by atoms with E-state index in [0.717, 1.165) is 0 Å². The predicted octanol–water partition coefficient (Wildman–Crippen LogP) is -1.43. The van der Waals surface area contributed by atoms with E-state index in [1.807, 2.05) is 0 Å². The van der Waals surface area contributed by atoms with Crippen LogP contribution in [0.5, 0.6) is 0 Å². The van der Waals surface area contributed by atoms with Gasteiger partial charge in [-0.15, -0.1) is 0 Å². The number of rotatable bonds is 22. The molecule has 0 heterocycles. The molecule has 14 nitrogen and oxygen atoms in total. The summed E-state index contributed by atoms with van der Waals surface area (Å²) in [5.41, 5.74) is 0.424. The average Bonchev–Trinajstić information content (AvgIpc) is 2.88. The maximum atomic E-state index is 11.5. The third-order valence-corrected chi connectivity index (χ3v) is 4.70.